The predicted molar refractivity (Wildman–Crippen MR) is 173 cm³/mol. The average molecular weight is 569 g/mol. The molecular formula is C37H36N4O2. The first-order valence-electron chi connectivity index (χ1n) is 14.4. The van der Waals surface area contributed by atoms with E-state index in [2.05, 4.69) is 10.6 Å². The molecule has 0 radical (unpaired) electrons. The lowest BCUT2D eigenvalue weighted by atomic mass is 10.1. The van der Waals surface area contributed by atoms with Gasteiger partial charge in [-0.25, -0.2) is 9.59 Å². The number of urea groups is 2. The third-order valence-electron chi connectivity index (χ3n) is 7.17. The Hall–Kier alpha value is -5.36. The van der Waals surface area contributed by atoms with Crippen LogP contribution in [0.25, 0.3) is 0 Å². The molecular weight excluding hydrogens is 532 g/mol. The quantitative estimate of drug-likeness (QED) is 0.177. The second-order valence-corrected chi connectivity index (χ2v) is 10.5. The minimum Gasteiger partial charge on any atom is -0.316 e. The van der Waals surface area contributed by atoms with E-state index in [1.807, 2.05) is 146 Å². The lowest BCUT2D eigenvalue weighted by Gasteiger charge is -2.25. The fraction of sp³-hybridized carbons (Fsp3) is 0.135. The molecule has 0 bridgehead atoms. The number of rotatable bonds is 10. The zero-order valence-electron chi connectivity index (χ0n) is 24.3. The Morgan fingerprint density at radius 2 is 0.837 bits per heavy atom. The van der Waals surface area contributed by atoms with E-state index in [9.17, 15) is 9.59 Å². The van der Waals surface area contributed by atoms with E-state index < -0.39 is 0 Å². The van der Waals surface area contributed by atoms with E-state index >= 15 is 0 Å². The summed E-state index contributed by atoms with van der Waals surface area (Å²) in [7, 11) is 0. The molecule has 4 amide bonds. The van der Waals surface area contributed by atoms with Crippen LogP contribution in [0.1, 0.15) is 27.8 Å². The first-order valence-corrected chi connectivity index (χ1v) is 14.4. The van der Waals surface area contributed by atoms with E-state index in [4.69, 9.17) is 0 Å². The van der Waals surface area contributed by atoms with Gasteiger partial charge in [-0.3, -0.25) is 0 Å². The van der Waals surface area contributed by atoms with Crippen molar-refractivity contribution < 1.29 is 9.59 Å². The van der Waals surface area contributed by atoms with Crippen LogP contribution in [0.4, 0.5) is 21.0 Å². The average Bonchev–Trinajstić information content (AvgIpc) is 3.04. The summed E-state index contributed by atoms with van der Waals surface area (Å²) in [6, 6.07) is 44.9. The molecule has 216 valence electrons. The number of amides is 4. The van der Waals surface area contributed by atoms with Gasteiger partial charge in [-0.15, -0.1) is 0 Å². The lowest BCUT2D eigenvalue weighted by Crippen LogP contribution is -2.35. The van der Waals surface area contributed by atoms with Crippen LogP contribution >= 0.6 is 0 Å². The van der Waals surface area contributed by atoms with Crippen LogP contribution in [-0.4, -0.2) is 21.9 Å². The molecule has 0 aliphatic rings. The van der Waals surface area contributed by atoms with E-state index in [0.717, 1.165) is 27.8 Å². The number of nitrogens with one attached hydrogen (secondary N) is 2. The van der Waals surface area contributed by atoms with Gasteiger partial charge < -0.3 is 20.4 Å². The zero-order chi connectivity index (χ0) is 29.9. The van der Waals surface area contributed by atoms with Gasteiger partial charge in [0.25, 0.3) is 0 Å². The molecule has 0 aliphatic carbocycles. The highest BCUT2D eigenvalue weighted by molar-refractivity contribution is 5.93. The van der Waals surface area contributed by atoms with Crippen LogP contribution in [0.5, 0.6) is 0 Å². The predicted octanol–water partition coefficient (Wildman–Crippen LogP) is 8.46. The van der Waals surface area contributed by atoms with Gasteiger partial charge in [-0.1, -0.05) is 127 Å². The summed E-state index contributed by atoms with van der Waals surface area (Å²) in [4.78, 5) is 30.8. The molecule has 0 saturated carbocycles. The minimum absolute atomic E-state index is 0.214. The van der Waals surface area contributed by atoms with Crippen molar-refractivity contribution in [2.24, 2.45) is 0 Å². The molecule has 0 aromatic heterocycles. The first kappa shape index (κ1) is 29.1. The second-order valence-electron chi connectivity index (χ2n) is 10.5. The van der Waals surface area contributed by atoms with Crippen molar-refractivity contribution in [2.45, 2.75) is 33.1 Å². The number of hydrogen-bond acceptors (Lipinski definition) is 2. The van der Waals surface area contributed by atoms with Crippen LogP contribution in [0.15, 0.2) is 140 Å². The van der Waals surface area contributed by atoms with Crippen molar-refractivity contribution in [3.63, 3.8) is 0 Å². The van der Waals surface area contributed by atoms with Gasteiger partial charge in [0.05, 0.1) is 0 Å². The number of anilines is 2. The topological polar surface area (TPSA) is 64.7 Å². The van der Waals surface area contributed by atoms with Crippen molar-refractivity contribution >= 4 is 23.4 Å². The summed E-state index contributed by atoms with van der Waals surface area (Å²) in [5, 5.41) is 6.15. The van der Waals surface area contributed by atoms with Gasteiger partial charge in [-0.05, 0) is 46.9 Å². The van der Waals surface area contributed by atoms with Gasteiger partial charge >= 0.3 is 12.1 Å². The zero-order valence-corrected chi connectivity index (χ0v) is 24.3. The van der Waals surface area contributed by atoms with Crippen molar-refractivity contribution in [3.05, 3.63) is 167 Å². The Balaban J connectivity index is 1.32. The Morgan fingerprint density at radius 3 is 1.21 bits per heavy atom. The molecule has 0 aliphatic heterocycles. The third kappa shape index (κ3) is 8.57. The molecule has 0 spiro atoms. The van der Waals surface area contributed by atoms with Crippen LogP contribution in [0.2, 0.25) is 0 Å². The Kier molecular flexibility index (Phi) is 9.83. The fourth-order valence-electron chi connectivity index (χ4n) is 4.85. The summed E-state index contributed by atoms with van der Waals surface area (Å²) >= 11 is 0. The van der Waals surface area contributed by atoms with Crippen LogP contribution in [-0.2, 0) is 26.2 Å². The van der Waals surface area contributed by atoms with E-state index in [-0.39, 0.29) is 12.1 Å². The molecule has 0 saturated heterocycles. The van der Waals surface area contributed by atoms with Gasteiger partial charge in [-0.2, -0.15) is 0 Å². The van der Waals surface area contributed by atoms with Gasteiger partial charge in [0.15, 0.2) is 0 Å². The van der Waals surface area contributed by atoms with Crippen molar-refractivity contribution in [1.29, 1.82) is 0 Å². The number of aryl methyl sites for hydroxylation is 1. The summed E-state index contributed by atoms with van der Waals surface area (Å²) in [6.07, 6.45) is 0. The maximum Gasteiger partial charge on any atom is 0.322 e. The van der Waals surface area contributed by atoms with Crippen LogP contribution in [0, 0.1) is 6.92 Å². The molecule has 5 aromatic carbocycles. The molecule has 0 atom stereocenters. The van der Waals surface area contributed by atoms with Gasteiger partial charge in [0.2, 0.25) is 0 Å². The molecule has 43 heavy (non-hydrogen) atoms. The van der Waals surface area contributed by atoms with Crippen molar-refractivity contribution in [3.8, 4) is 0 Å². The Morgan fingerprint density at radius 1 is 0.488 bits per heavy atom. The summed E-state index contributed by atoms with van der Waals surface area (Å²) in [5.41, 5.74) is 6.33. The monoisotopic (exact) mass is 568 g/mol. The maximum absolute atomic E-state index is 13.6. The van der Waals surface area contributed by atoms with Crippen LogP contribution < -0.4 is 10.6 Å². The van der Waals surface area contributed by atoms with E-state index in [0.29, 0.717) is 37.6 Å². The lowest BCUT2D eigenvalue weighted by molar-refractivity contribution is 0.206. The Bertz CT molecular complexity index is 1530. The number of benzene rings is 5. The number of carbonyl (C=O) groups is 2. The smallest absolute Gasteiger partial charge is 0.316 e. The highest BCUT2D eigenvalue weighted by Gasteiger charge is 2.18. The van der Waals surface area contributed by atoms with Crippen molar-refractivity contribution in [1.82, 2.24) is 9.80 Å². The summed E-state index contributed by atoms with van der Waals surface area (Å²) < 4.78 is 0. The van der Waals surface area contributed by atoms with Gasteiger partial charge in [0.1, 0.15) is 0 Å². The molecule has 6 heteroatoms. The molecule has 2 N–H and O–H groups in total. The van der Waals surface area contributed by atoms with Crippen molar-refractivity contribution in [2.75, 3.05) is 10.6 Å². The molecule has 6 nitrogen and oxygen atoms in total. The standard InChI is InChI=1S/C37H36N4O2/c1-29-22-23-34(38-36(42)40(25-30-14-6-2-7-15-30)26-31-16-8-3-9-17-31)24-35(29)39-37(43)41(27-32-18-10-4-11-19-32)28-33-20-12-5-13-21-33/h2-24H,25-28H2,1H3,(H,38,42)(H,39,43). The fourth-order valence-corrected chi connectivity index (χ4v) is 4.85. The molecule has 5 aromatic rings. The minimum atomic E-state index is -0.219. The number of carbonyl (C=O) groups excluding carboxylic acids is 2. The second kappa shape index (κ2) is 14.5. The Labute approximate surface area is 253 Å². The number of hydrogen-bond donors (Lipinski definition) is 2. The maximum atomic E-state index is 13.6. The highest BCUT2D eigenvalue weighted by atomic mass is 16.2. The highest BCUT2D eigenvalue weighted by Crippen LogP contribution is 2.23. The molecule has 0 heterocycles. The summed E-state index contributed by atoms with van der Waals surface area (Å²) in [5.74, 6) is 0. The first-order chi connectivity index (χ1) is 21.0. The third-order valence-corrected chi connectivity index (χ3v) is 7.17. The van der Waals surface area contributed by atoms with E-state index in [1.54, 1.807) is 9.80 Å². The van der Waals surface area contributed by atoms with Crippen LogP contribution in [0.3, 0.4) is 0 Å². The largest absolute Gasteiger partial charge is 0.322 e. The molecule has 5 rings (SSSR count). The van der Waals surface area contributed by atoms with Gasteiger partial charge in [0, 0.05) is 37.6 Å². The molecule has 0 unspecified atom stereocenters. The summed E-state index contributed by atoms with van der Waals surface area (Å²) in [6.45, 7) is 3.79. The normalized spacial score (nSPS) is 10.5. The number of nitrogens with zero attached hydrogens (tertiary/aromatic N) is 2. The SMILES string of the molecule is Cc1ccc(NC(=O)N(Cc2ccccc2)Cc2ccccc2)cc1NC(=O)N(Cc1ccccc1)Cc1ccccc1. The van der Waals surface area contributed by atoms with E-state index in [1.165, 1.54) is 0 Å². The molecule has 0 fully saturated rings.